The topological polar surface area (TPSA) is 116 Å². The molecule has 0 fully saturated rings. The van der Waals surface area contributed by atoms with Crippen LogP contribution in [0.2, 0.25) is 0 Å². The van der Waals surface area contributed by atoms with Crippen molar-refractivity contribution in [3.05, 3.63) is 87.0 Å². The lowest BCUT2D eigenvalue weighted by molar-refractivity contribution is -0.384. The van der Waals surface area contributed by atoms with Crippen LogP contribution in [0.4, 0.5) is 15.8 Å². The second kappa shape index (κ2) is 7.94. The van der Waals surface area contributed by atoms with E-state index in [2.05, 4.69) is 10.4 Å². The SMILES string of the molecule is Nc1c(C(=O)NC2CCCc3c2cnn3Cc2ccccc2)cc(F)cc1[N+](=O)[O-]. The summed E-state index contributed by atoms with van der Waals surface area (Å²) < 4.78 is 15.7. The minimum Gasteiger partial charge on any atom is -0.393 e. The number of fused-ring (bicyclic) bond motifs is 1. The van der Waals surface area contributed by atoms with Gasteiger partial charge in [0, 0.05) is 11.3 Å². The van der Waals surface area contributed by atoms with Gasteiger partial charge < -0.3 is 11.1 Å². The minimum absolute atomic E-state index is 0.245. The Kier molecular flexibility index (Phi) is 5.18. The Labute approximate surface area is 171 Å². The summed E-state index contributed by atoms with van der Waals surface area (Å²) in [6, 6.07) is 11.2. The van der Waals surface area contributed by atoms with Crippen LogP contribution in [0, 0.1) is 15.9 Å². The number of anilines is 1. The maximum absolute atomic E-state index is 13.8. The molecule has 30 heavy (non-hydrogen) atoms. The third-order valence-electron chi connectivity index (χ3n) is 5.31. The van der Waals surface area contributed by atoms with Gasteiger partial charge in [-0.15, -0.1) is 0 Å². The van der Waals surface area contributed by atoms with Gasteiger partial charge in [-0.3, -0.25) is 19.6 Å². The summed E-state index contributed by atoms with van der Waals surface area (Å²) in [4.78, 5) is 23.0. The van der Waals surface area contributed by atoms with Gasteiger partial charge in [0.25, 0.3) is 11.6 Å². The molecule has 1 unspecified atom stereocenters. The third-order valence-corrected chi connectivity index (χ3v) is 5.31. The van der Waals surface area contributed by atoms with Crippen molar-refractivity contribution in [1.29, 1.82) is 0 Å². The zero-order chi connectivity index (χ0) is 21.3. The normalized spacial score (nSPS) is 15.4. The highest BCUT2D eigenvalue weighted by atomic mass is 19.1. The van der Waals surface area contributed by atoms with Crippen molar-refractivity contribution < 1.29 is 14.1 Å². The van der Waals surface area contributed by atoms with E-state index < -0.39 is 22.3 Å². The van der Waals surface area contributed by atoms with Crippen molar-refractivity contribution >= 4 is 17.3 Å². The van der Waals surface area contributed by atoms with E-state index in [1.165, 1.54) is 0 Å². The van der Waals surface area contributed by atoms with Gasteiger partial charge in [0.2, 0.25) is 0 Å². The lowest BCUT2D eigenvalue weighted by Crippen LogP contribution is -2.31. The molecule has 0 bridgehead atoms. The van der Waals surface area contributed by atoms with Crippen LogP contribution in [0.1, 0.15) is 46.1 Å². The molecule has 3 aromatic rings. The fourth-order valence-electron chi connectivity index (χ4n) is 3.84. The van der Waals surface area contributed by atoms with E-state index in [4.69, 9.17) is 5.73 Å². The first-order valence-corrected chi connectivity index (χ1v) is 9.57. The van der Waals surface area contributed by atoms with Crippen LogP contribution < -0.4 is 11.1 Å². The molecule has 0 spiro atoms. The first-order chi connectivity index (χ1) is 14.4. The van der Waals surface area contributed by atoms with E-state index in [9.17, 15) is 19.3 Å². The molecule has 8 nitrogen and oxygen atoms in total. The zero-order valence-electron chi connectivity index (χ0n) is 16.0. The van der Waals surface area contributed by atoms with Crippen LogP contribution in [0.3, 0.4) is 0 Å². The number of nitro benzene ring substituents is 1. The van der Waals surface area contributed by atoms with Gasteiger partial charge in [0.1, 0.15) is 11.5 Å². The Morgan fingerprint density at radius 1 is 1.33 bits per heavy atom. The van der Waals surface area contributed by atoms with E-state index in [0.29, 0.717) is 19.0 Å². The summed E-state index contributed by atoms with van der Waals surface area (Å²) in [5.41, 5.74) is 7.59. The van der Waals surface area contributed by atoms with E-state index >= 15 is 0 Å². The minimum atomic E-state index is -0.888. The molecule has 0 saturated heterocycles. The average molecular weight is 409 g/mol. The number of amides is 1. The van der Waals surface area contributed by atoms with Crippen LogP contribution in [-0.2, 0) is 13.0 Å². The Morgan fingerprint density at radius 2 is 2.10 bits per heavy atom. The van der Waals surface area contributed by atoms with E-state index in [-0.39, 0.29) is 17.3 Å². The highest BCUT2D eigenvalue weighted by Gasteiger charge is 2.28. The lowest BCUT2D eigenvalue weighted by Gasteiger charge is -2.24. The summed E-state index contributed by atoms with van der Waals surface area (Å²) in [6.07, 6.45) is 4.10. The smallest absolute Gasteiger partial charge is 0.295 e. The number of nitrogens with two attached hydrogens (primary N) is 1. The molecule has 0 aliphatic heterocycles. The molecule has 3 N–H and O–H groups in total. The van der Waals surface area contributed by atoms with Crippen molar-refractivity contribution in [2.75, 3.05) is 5.73 Å². The van der Waals surface area contributed by atoms with Crippen LogP contribution >= 0.6 is 0 Å². The number of aromatic nitrogens is 2. The Hall–Kier alpha value is -3.75. The molecule has 1 heterocycles. The number of carbonyl (C=O) groups is 1. The molecule has 1 aliphatic carbocycles. The van der Waals surface area contributed by atoms with E-state index in [0.717, 1.165) is 35.7 Å². The monoisotopic (exact) mass is 409 g/mol. The largest absolute Gasteiger partial charge is 0.393 e. The summed E-state index contributed by atoms with van der Waals surface area (Å²) in [5.74, 6) is -1.54. The molecule has 1 amide bonds. The van der Waals surface area contributed by atoms with Crippen molar-refractivity contribution in [3.63, 3.8) is 0 Å². The van der Waals surface area contributed by atoms with Crippen LogP contribution in [0.25, 0.3) is 0 Å². The molecule has 0 saturated carbocycles. The predicted octanol–water partition coefficient (Wildman–Crippen LogP) is 3.37. The van der Waals surface area contributed by atoms with Crippen LogP contribution in [0.5, 0.6) is 0 Å². The number of rotatable bonds is 5. The highest BCUT2D eigenvalue weighted by molar-refractivity contribution is 6.01. The fourth-order valence-corrected chi connectivity index (χ4v) is 3.84. The van der Waals surface area contributed by atoms with Crippen molar-refractivity contribution in [2.24, 2.45) is 0 Å². The van der Waals surface area contributed by atoms with Crippen LogP contribution in [-0.4, -0.2) is 20.6 Å². The number of nitrogen functional groups attached to an aromatic ring is 1. The summed E-state index contributed by atoms with van der Waals surface area (Å²) in [6.45, 7) is 0.625. The molecule has 1 aromatic heterocycles. The summed E-state index contributed by atoms with van der Waals surface area (Å²) in [7, 11) is 0. The van der Waals surface area contributed by atoms with Gasteiger partial charge >= 0.3 is 0 Å². The molecule has 1 atom stereocenters. The Bertz CT molecular complexity index is 1110. The number of hydrogen-bond acceptors (Lipinski definition) is 5. The number of carbonyl (C=O) groups excluding carboxylic acids is 1. The number of nitrogens with zero attached hydrogens (tertiary/aromatic N) is 3. The van der Waals surface area contributed by atoms with Gasteiger partial charge in [-0.2, -0.15) is 5.10 Å². The predicted molar refractivity (Wildman–Crippen MR) is 108 cm³/mol. The molecule has 1 aliphatic rings. The van der Waals surface area contributed by atoms with Crippen LogP contribution in [0.15, 0.2) is 48.7 Å². The molecule has 154 valence electrons. The molecule has 9 heteroatoms. The molecule has 4 rings (SSSR count). The summed E-state index contributed by atoms with van der Waals surface area (Å²) in [5, 5.41) is 18.4. The first kappa shape index (κ1) is 19.6. The number of nitro groups is 1. The average Bonchev–Trinajstić information content (AvgIpc) is 3.14. The van der Waals surface area contributed by atoms with Gasteiger partial charge in [-0.05, 0) is 30.9 Å². The summed E-state index contributed by atoms with van der Waals surface area (Å²) >= 11 is 0. The zero-order valence-corrected chi connectivity index (χ0v) is 16.0. The van der Waals surface area contributed by atoms with E-state index in [1.54, 1.807) is 6.20 Å². The third kappa shape index (κ3) is 3.73. The van der Waals surface area contributed by atoms with Gasteiger partial charge in [0.15, 0.2) is 0 Å². The molecule has 0 radical (unpaired) electrons. The number of benzene rings is 2. The number of halogens is 1. The second-order valence-electron chi connectivity index (χ2n) is 7.25. The quantitative estimate of drug-likeness (QED) is 0.381. The molecular formula is C21H20FN5O3. The van der Waals surface area contributed by atoms with Gasteiger partial charge in [-0.1, -0.05) is 30.3 Å². The molecule has 2 aromatic carbocycles. The van der Waals surface area contributed by atoms with Crippen molar-refractivity contribution in [2.45, 2.75) is 31.8 Å². The van der Waals surface area contributed by atoms with Crippen molar-refractivity contribution in [1.82, 2.24) is 15.1 Å². The maximum atomic E-state index is 13.8. The highest BCUT2D eigenvalue weighted by Crippen LogP contribution is 2.32. The Morgan fingerprint density at radius 3 is 2.83 bits per heavy atom. The maximum Gasteiger partial charge on any atom is 0.295 e. The van der Waals surface area contributed by atoms with Gasteiger partial charge in [-0.25, -0.2) is 4.39 Å². The number of nitrogens with one attached hydrogen (secondary N) is 1. The second-order valence-corrected chi connectivity index (χ2v) is 7.25. The van der Waals surface area contributed by atoms with E-state index in [1.807, 2.05) is 35.0 Å². The Balaban J connectivity index is 1.58. The molecular weight excluding hydrogens is 389 g/mol. The van der Waals surface area contributed by atoms with Crippen molar-refractivity contribution in [3.8, 4) is 0 Å². The standard InChI is InChI=1S/C21H20FN5O3/c22-14-9-15(20(23)19(10-14)27(29)30)21(28)25-17-7-4-8-18-16(17)11-24-26(18)12-13-5-2-1-3-6-13/h1-3,5-6,9-11,17H,4,7-8,12,23H2,(H,25,28). The number of hydrogen-bond donors (Lipinski definition) is 2. The lowest BCUT2D eigenvalue weighted by atomic mass is 9.92. The fraction of sp³-hybridized carbons (Fsp3) is 0.238. The van der Waals surface area contributed by atoms with Gasteiger partial charge in [0.05, 0.1) is 35.3 Å². The first-order valence-electron chi connectivity index (χ1n) is 9.57.